The third kappa shape index (κ3) is 4.15. The van der Waals surface area contributed by atoms with Gasteiger partial charge in [0.15, 0.2) is 9.84 Å². The molecule has 0 fully saturated rings. The number of allylic oxidation sites excluding steroid dienone is 1. The molecule has 0 unspecified atom stereocenters. The van der Waals surface area contributed by atoms with E-state index in [1.165, 1.54) is 6.26 Å². The Kier molecular flexibility index (Phi) is 4.84. The highest BCUT2D eigenvalue weighted by molar-refractivity contribution is 7.89. The zero-order valence-electron chi connectivity index (χ0n) is 16.4. The third-order valence-corrected chi connectivity index (χ3v) is 5.75. The molecule has 29 heavy (non-hydrogen) atoms. The Morgan fingerprint density at radius 3 is 2.45 bits per heavy atom. The van der Waals surface area contributed by atoms with Crippen LogP contribution in [0.1, 0.15) is 16.7 Å². The summed E-state index contributed by atoms with van der Waals surface area (Å²) in [6, 6.07) is 18.1. The van der Waals surface area contributed by atoms with Gasteiger partial charge in [-0.05, 0) is 41.8 Å². The summed E-state index contributed by atoms with van der Waals surface area (Å²) in [5, 5.41) is 3.24. The highest BCUT2D eigenvalue weighted by Crippen LogP contribution is 2.36. The van der Waals surface area contributed by atoms with Gasteiger partial charge in [0.2, 0.25) is 0 Å². The molecule has 0 spiro atoms. The zero-order chi connectivity index (χ0) is 20.6. The first kappa shape index (κ1) is 19.2. The zero-order valence-corrected chi connectivity index (χ0v) is 17.3. The molecule has 0 radical (unpaired) electrons. The van der Waals surface area contributed by atoms with Crippen LogP contribution in [0.4, 0.5) is 5.82 Å². The lowest BCUT2D eigenvalue weighted by atomic mass is 9.94. The van der Waals surface area contributed by atoms with Crippen molar-refractivity contribution in [3.05, 3.63) is 89.6 Å². The van der Waals surface area contributed by atoms with Gasteiger partial charge < -0.3 is 5.32 Å². The first-order chi connectivity index (χ1) is 13.8. The lowest BCUT2D eigenvalue weighted by Gasteiger charge is -2.19. The number of hydrogen-bond acceptors (Lipinski definition) is 4. The summed E-state index contributed by atoms with van der Waals surface area (Å²) >= 11 is 0. The normalized spacial score (nSPS) is 13.1. The van der Waals surface area contributed by atoms with E-state index in [-0.39, 0.29) is 5.75 Å². The number of nitrogens with zero attached hydrogens (tertiary/aromatic N) is 1. The minimum Gasteiger partial charge on any atom is -0.340 e. The highest BCUT2D eigenvalue weighted by Gasteiger charge is 2.17. The fourth-order valence-corrected chi connectivity index (χ4v) is 4.37. The number of pyridine rings is 1. The van der Waals surface area contributed by atoms with Gasteiger partial charge in [0.1, 0.15) is 5.82 Å². The molecule has 0 bridgehead atoms. The van der Waals surface area contributed by atoms with E-state index in [2.05, 4.69) is 18.0 Å². The minimum atomic E-state index is -3.08. The molecule has 0 atom stereocenters. The van der Waals surface area contributed by atoms with Gasteiger partial charge in [-0.2, -0.15) is 0 Å². The number of sulfone groups is 1. The fourth-order valence-electron chi connectivity index (χ4n) is 3.48. The van der Waals surface area contributed by atoms with Crippen LogP contribution in [0.15, 0.2) is 72.9 Å². The van der Waals surface area contributed by atoms with Crippen molar-refractivity contribution < 1.29 is 8.42 Å². The lowest BCUT2D eigenvalue weighted by molar-refractivity contribution is 0.601. The van der Waals surface area contributed by atoms with Gasteiger partial charge in [-0.15, -0.1) is 0 Å². The first-order valence-electron chi connectivity index (χ1n) is 9.32. The average Bonchev–Trinajstić information content (AvgIpc) is 2.68. The van der Waals surface area contributed by atoms with Crippen LogP contribution in [0.5, 0.6) is 0 Å². The Morgan fingerprint density at radius 2 is 1.76 bits per heavy atom. The Labute approximate surface area is 171 Å². The molecule has 2 heterocycles. The molecule has 0 aliphatic carbocycles. The molecule has 0 saturated heterocycles. The summed E-state index contributed by atoms with van der Waals surface area (Å²) in [5.74, 6) is 0.826. The van der Waals surface area contributed by atoms with Gasteiger partial charge >= 0.3 is 0 Å². The maximum atomic E-state index is 11.7. The van der Waals surface area contributed by atoms with Crippen molar-refractivity contribution in [3.63, 3.8) is 0 Å². The molecule has 4 nitrogen and oxygen atoms in total. The predicted octanol–water partition coefficient (Wildman–Crippen LogP) is 5.22. The number of benzene rings is 2. The number of hydrogen-bond donors (Lipinski definition) is 1. The number of nitrogens with one attached hydrogen (secondary N) is 1. The second-order valence-corrected chi connectivity index (χ2v) is 9.52. The van der Waals surface area contributed by atoms with E-state index in [0.29, 0.717) is 0 Å². The summed E-state index contributed by atoms with van der Waals surface area (Å²) in [5.41, 5.74) is 7.46. The smallest absolute Gasteiger partial charge is 0.151 e. The van der Waals surface area contributed by atoms with Gasteiger partial charge in [0.05, 0.1) is 11.4 Å². The summed E-state index contributed by atoms with van der Waals surface area (Å²) in [4.78, 5) is 4.90. The van der Waals surface area contributed by atoms with Crippen LogP contribution in [0.25, 0.3) is 28.5 Å². The van der Waals surface area contributed by atoms with Crippen LogP contribution in [0, 0.1) is 6.92 Å². The number of fused-ring (bicyclic) bond motifs is 1. The van der Waals surface area contributed by atoms with Crippen LogP contribution in [-0.4, -0.2) is 19.7 Å². The van der Waals surface area contributed by atoms with Crippen LogP contribution >= 0.6 is 0 Å². The molecule has 146 valence electrons. The van der Waals surface area contributed by atoms with Gasteiger partial charge in [-0.1, -0.05) is 55.1 Å². The van der Waals surface area contributed by atoms with Crippen LogP contribution in [-0.2, 0) is 15.6 Å². The standard InChI is InChI=1S/C24H22N2O2S/c1-16-13-19(11-12-21(16)15-29(3,27)28)22-14-20-10-9-17(2)25-24(20)26-23(22)18-7-5-4-6-8-18/h4-14H,2,15H2,1,3H3,(H,25,26). The second-order valence-electron chi connectivity index (χ2n) is 7.38. The Hall–Kier alpha value is -3.18. The van der Waals surface area contributed by atoms with Crippen molar-refractivity contribution in [2.75, 3.05) is 11.6 Å². The van der Waals surface area contributed by atoms with E-state index >= 15 is 0 Å². The summed E-state index contributed by atoms with van der Waals surface area (Å²) in [6.07, 6.45) is 5.19. The largest absolute Gasteiger partial charge is 0.340 e. The Bertz CT molecular complexity index is 1240. The topological polar surface area (TPSA) is 59.1 Å². The lowest BCUT2D eigenvalue weighted by Crippen LogP contribution is -2.06. The molecular formula is C24H22N2O2S. The molecule has 1 aliphatic rings. The van der Waals surface area contributed by atoms with Crippen molar-refractivity contribution in [1.82, 2.24) is 4.98 Å². The summed E-state index contributed by atoms with van der Waals surface area (Å²) in [6.45, 7) is 5.91. The van der Waals surface area contributed by atoms with Gasteiger partial charge in [-0.3, -0.25) is 0 Å². The quantitative estimate of drug-likeness (QED) is 0.650. The molecule has 5 heteroatoms. The second kappa shape index (κ2) is 7.33. The number of anilines is 1. The maximum Gasteiger partial charge on any atom is 0.151 e. The third-order valence-electron chi connectivity index (χ3n) is 4.91. The van der Waals surface area contributed by atoms with E-state index in [9.17, 15) is 8.42 Å². The summed E-state index contributed by atoms with van der Waals surface area (Å²) < 4.78 is 23.4. The van der Waals surface area contributed by atoms with Crippen molar-refractivity contribution in [1.29, 1.82) is 0 Å². The van der Waals surface area contributed by atoms with Crippen molar-refractivity contribution in [2.24, 2.45) is 0 Å². The van der Waals surface area contributed by atoms with Crippen LogP contribution < -0.4 is 5.32 Å². The molecule has 0 saturated carbocycles. The molecule has 1 N–H and O–H groups in total. The van der Waals surface area contributed by atoms with E-state index in [1.807, 2.05) is 67.6 Å². The van der Waals surface area contributed by atoms with Gasteiger partial charge in [0, 0.05) is 28.6 Å². The van der Waals surface area contributed by atoms with Crippen molar-refractivity contribution in [3.8, 4) is 22.4 Å². The van der Waals surface area contributed by atoms with E-state index in [4.69, 9.17) is 4.98 Å². The van der Waals surface area contributed by atoms with Gasteiger partial charge in [-0.25, -0.2) is 13.4 Å². The van der Waals surface area contributed by atoms with Gasteiger partial charge in [0.25, 0.3) is 0 Å². The molecule has 1 aromatic heterocycles. The van der Waals surface area contributed by atoms with E-state index in [0.717, 1.165) is 50.6 Å². The Morgan fingerprint density at radius 1 is 1.00 bits per heavy atom. The monoisotopic (exact) mass is 402 g/mol. The number of rotatable bonds is 4. The van der Waals surface area contributed by atoms with E-state index < -0.39 is 9.84 Å². The Balaban J connectivity index is 1.88. The SMILES string of the molecule is C=C1C=Cc2cc(-c3ccc(CS(C)(=O)=O)c(C)c3)c(-c3ccccc3)nc2N1. The number of aromatic nitrogens is 1. The molecule has 0 amide bonds. The number of aryl methyl sites for hydroxylation is 1. The molecule has 2 aromatic carbocycles. The minimum absolute atomic E-state index is 0.0435. The maximum absolute atomic E-state index is 11.7. The highest BCUT2D eigenvalue weighted by atomic mass is 32.2. The molecular weight excluding hydrogens is 380 g/mol. The molecule has 1 aliphatic heterocycles. The van der Waals surface area contributed by atoms with Crippen LogP contribution in [0.3, 0.4) is 0 Å². The van der Waals surface area contributed by atoms with Crippen LogP contribution in [0.2, 0.25) is 0 Å². The van der Waals surface area contributed by atoms with Crippen molar-refractivity contribution >= 4 is 21.7 Å². The molecule has 3 aromatic rings. The average molecular weight is 403 g/mol. The van der Waals surface area contributed by atoms with E-state index in [1.54, 1.807) is 0 Å². The fraction of sp³-hybridized carbons (Fsp3) is 0.125. The predicted molar refractivity (Wildman–Crippen MR) is 120 cm³/mol. The molecule has 4 rings (SSSR count). The first-order valence-corrected chi connectivity index (χ1v) is 11.4. The summed E-state index contributed by atoms with van der Waals surface area (Å²) in [7, 11) is -3.08. The van der Waals surface area contributed by atoms with Crippen molar-refractivity contribution in [2.45, 2.75) is 12.7 Å².